The largest absolute Gasteiger partial charge is 0.488 e. The first-order chi connectivity index (χ1) is 17.7. The molecule has 0 saturated heterocycles. The number of anilines is 2. The van der Waals surface area contributed by atoms with Crippen molar-refractivity contribution in [3.05, 3.63) is 42.0 Å². The molecule has 10 heteroatoms. The number of urea groups is 1. The normalized spacial score (nSPS) is 19.6. The van der Waals surface area contributed by atoms with Gasteiger partial charge in [0, 0.05) is 56.6 Å². The number of ether oxygens (including phenoxy) is 3. The van der Waals surface area contributed by atoms with Crippen molar-refractivity contribution in [2.24, 2.45) is 5.92 Å². The summed E-state index contributed by atoms with van der Waals surface area (Å²) in [6.45, 7) is 4.56. The number of hydrogen-bond acceptors (Lipinski definition) is 7. The van der Waals surface area contributed by atoms with Crippen LogP contribution >= 0.6 is 0 Å². The van der Waals surface area contributed by atoms with Crippen LogP contribution in [0, 0.1) is 5.92 Å². The maximum Gasteiger partial charge on any atom is 0.321 e. The Morgan fingerprint density at radius 1 is 1.14 bits per heavy atom. The summed E-state index contributed by atoms with van der Waals surface area (Å²) in [7, 11) is 5.59. The lowest BCUT2D eigenvalue weighted by Crippen LogP contribution is -2.48. The highest BCUT2D eigenvalue weighted by molar-refractivity contribution is 5.89. The van der Waals surface area contributed by atoms with Gasteiger partial charge in [-0.1, -0.05) is 6.92 Å². The van der Waals surface area contributed by atoms with Crippen molar-refractivity contribution < 1.29 is 28.9 Å². The van der Waals surface area contributed by atoms with Gasteiger partial charge in [0.05, 0.1) is 25.6 Å². The third-order valence-corrected chi connectivity index (χ3v) is 6.84. The predicted molar refractivity (Wildman–Crippen MR) is 141 cm³/mol. The van der Waals surface area contributed by atoms with Crippen LogP contribution in [0.2, 0.25) is 0 Å². The molecule has 2 aromatic rings. The third-order valence-electron chi connectivity index (χ3n) is 6.84. The molecule has 37 heavy (non-hydrogen) atoms. The zero-order valence-electron chi connectivity index (χ0n) is 22.1. The van der Waals surface area contributed by atoms with Gasteiger partial charge in [-0.25, -0.2) is 4.79 Å². The average molecular weight is 513 g/mol. The molecule has 200 valence electrons. The lowest BCUT2D eigenvalue weighted by atomic mass is 10.0. The molecule has 0 spiro atoms. The van der Waals surface area contributed by atoms with E-state index in [0.29, 0.717) is 36.0 Å². The SMILES string of the molecule is C[C@H]1CN([C@@H](C)CO)C(=O)Cc2cc(N(C)C)ccc2O[C@@H]1CN(C)C(=O)Nc1ccc2c(c1)OCO2. The van der Waals surface area contributed by atoms with Gasteiger partial charge in [-0.15, -0.1) is 0 Å². The summed E-state index contributed by atoms with van der Waals surface area (Å²) in [5.74, 6) is 1.68. The molecule has 10 nitrogen and oxygen atoms in total. The summed E-state index contributed by atoms with van der Waals surface area (Å²) < 4.78 is 17.2. The van der Waals surface area contributed by atoms with E-state index in [1.807, 2.05) is 51.0 Å². The predicted octanol–water partition coefficient (Wildman–Crippen LogP) is 2.79. The standard InChI is InChI=1S/C27H36N4O6/c1-17-13-31(18(2)15-32)26(33)11-19-10-21(29(3)4)7-9-22(19)37-25(17)14-30(5)27(34)28-20-6-8-23-24(12-20)36-16-35-23/h6-10,12,17-18,25,32H,11,13-16H2,1-5H3,(H,28,34)/t17-,18-,25+/m0/s1. The number of carbonyl (C=O) groups excluding carboxylic acids is 2. The summed E-state index contributed by atoms with van der Waals surface area (Å²) >= 11 is 0. The van der Waals surface area contributed by atoms with E-state index >= 15 is 0 Å². The lowest BCUT2D eigenvalue weighted by Gasteiger charge is -2.34. The maximum absolute atomic E-state index is 13.3. The van der Waals surface area contributed by atoms with Crippen molar-refractivity contribution in [1.29, 1.82) is 0 Å². The fourth-order valence-corrected chi connectivity index (χ4v) is 4.46. The molecule has 2 aliphatic rings. The number of amides is 3. The molecule has 2 aliphatic heterocycles. The van der Waals surface area contributed by atoms with E-state index in [-0.39, 0.29) is 43.7 Å². The number of likely N-dealkylation sites (N-methyl/N-ethyl adjacent to an activating group) is 1. The van der Waals surface area contributed by atoms with Crippen LogP contribution in [-0.2, 0) is 11.2 Å². The molecule has 0 unspecified atom stereocenters. The van der Waals surface area contributed by atoms with Crippen LogP contribution in [0.25, 0.3) is 0 Å². The molecular weight excluding hydrogens is 476 g/mol. The minimum atomic E-state index is -0.393. The van der Waals surface area contributed by atoms with E-state index in [9.17, 15) is 14.7 Å². The van der Waals surface area contributed by atoms with E-state index < -0.39 is 6.10 Å². The van der Waals surface area contributed by atoms with Crippen LogP contribution in [-0.4, -0.2) is 86.6 Å². The summed E-state index contributed by atoms with van der Waals surface area (Å²) in [5.41, 5.74) is 2.33. The first-order valence-electron chi connectivity index (χ1n) is 12.4. The zero-order valence-corrected chi connectivity index (χ0v) is 22.1. The topological polar surface area (TPSA) is 104 Å². The second kappa shape index (κ2) is 11.2. The molecule has 3 amide bonds. The fraction of sp³-hybridized carbons (Fsp3) is 0.481. The second-order valence-electron chi connectivity index (χ2n) is 9.95. The van der Waals surface area contributed by atoms with Crippen LogP contribution < -0.4 is 24.4 Å². The summed E-state index contributed by atoms with van der Waals surface area (Å²) in [6.07, 6.45) is -0.225. The smallest absolute Gasteiger partial charge is 0.321 e. The second-order valence-corrected chi connectivity index (χ2v) is 9.95. The van der Waals surface area contributed by atoms with Gasteiger partial charge in [0.15, 0.2) is 11.5 Å². The Kier molecular flexibility index (Phi) is 7.97. The molecular formula is C27H36N4O6. The number of hydrogen-bond donors (Lipinski definition) is 2. The average Bonchev–Trinajstić information content (AvgIpc) is 3.35. The van der Waals surface area contributed by atoms with Crippen LogP contribution in [0.1, 0.15) is 19.4 Å². The van der Waals surface area contributed by atoms with E-state index in [2.05, 4.69) is 5.32 Å². The molecule has 3 atom stereocenters. The molecule has 0 saturated carbocycles. The minimum absolute atomic E-state index is 0.0660. The van der Waals surface area contributed by atoms with Crippen LogP contribution in [0.5, 0.6) is 17.2 Å². The Morgan fingerprint density at radius 3 is 2.59 bits per heavy atom. The first-order valence-corrected chi connectivity index (χ1v) is 12.4. The Hall–Kier alpha value is -3.66. The molecule has 2 aromatic carbocycles. The van der Waals surface area contributed by atoms with Crippen molar-refractivity contribution >= 4 is 23.3 Å². The quantitative estimate of drug-likeness (QED) is 0.614. The number of benzene rings is 2. The van der Waals surface area contributed by atoms with Crippen molar-refractivity contribution in [3.8, 4) is 17.2 Å². The van der Waals surface area contributed by atoms with Gasteiger partial charge >= 0.3 is 6.03 Å². The third kappa shape index (κ3) is 6.02. The first kappa shape index (κ1) is 26.4. The van der Waals surface area contributed by atoms with E-state index in [1.54, 1.807) is 35.0 Å². The van der Waals surface area contributed by atoms with Gasteiger partial charge in [-0.2, -0.15) is 0 Å². The van der Waals surface area contributed by atoms with Crippen molar-refractivity contribution in [2.75, 3.05) is 57.8 Å². The molecule has 2 heterocycles. The number of carbonyl (C=O) groups is 2. The van der Waals surface area contributed by atoms with E-state index in [1.165, 1.54) is 0 Å². The van der Waals surface area contributed by atoms with Crippen molar-refractivity contribution in [2.45, 2.75) is 32.4 Å². The number of aliphatic hydroxyl groups is 1. The molecule has 0 aromatic heterocycles. The highest BCUT2D eigenvalue weighted by Gasteiger charge is 2.32. The summed E-state index contributed by atoms with van der Waals surface area (Å²) in [6, 6.07) is 10.4. The van der Waals surface area contributed by atoms with E-state index in [0.717, 1.165) is 11.3 Å². The molecule has 4 rings (SSSR count). The Labute approximate surface area is 217 Å². The van der Waals surface area contributed by atoms with Gasteiger partial charge in [0.25, 0.3) is 0 Å². The number of aliphatic hydroxyl groups excluding tert-OH is 1. The van der Waals surface area contributed by atoms with Crippen LogP contribution in [0.3, 0.4) is 0 Å². The maximum atomic E-state index is 13.3. The molecule has 0 bridgehead atoms. The minimum Gasteiger partial charge on any atom is -0.488 e. The zero-order chi connectivity index (χ0) is 26.7. The van der Waals surface area contributed by atoms with Crippen molar-refractivity contribution in [3.63, 3.8) is 0 Å². The number of fused-ring (bicyclic) bond motifs is 2. The summed E-state index contributed by atoms with van der Waals surface area (Å²) in [5, 5.41) is 12.7. The Morgan fingerprint density at radius 2 is 1.86 bits per heavy atom. The monoisotopic (exact) mass is 512 g/mol. The highest BCUT2D eigenvalue weighted by Crippen LogP contribution is 2.34. The lowest BCUT2D eigenvalue weighted by molar-refractivity contribution is -0.134. The van der Waals surface area contributed by atoms with Crippen molar-refractivity contribution in [1.82, 2.24) is 9.80 Å². The Balaban J connectivity index is 1.55. The molecule has 0 aliphatic carbocycles. The van der Waals surface area contributed by atoms with Gasteiger partial charge in [0.2, 0.25) is 12.7 Å². The molecule has 0 fully saturated rings. The van der Waals surface area contributed by atoms with Crippen LogP contribution in [0.15, 0.2) is 36.4 Å². The fourth-order valence-electron chi connectivity index (χ4n) is 4.46. The Bertz CT molecular complexity index is 1140. The van der Waals surface area contributed by atoms with Gasteiger partial charge in [-0.3, -0.25) is 4.79 Å². The molecule has 2 N–H and O–H groups in total. The van der Waals surface area contributed by atoms with Crippen LogP contribution in [0.4, 0.5) is 16.2 Å². The summed E-state index contributed by atoms with van der Waals surface area (Å²) in [4.78, 5) is 31.6. The number of nitrogens with zero attached hydrogens (tertiary/aromatic N) is 3. The van der Waals surface area contributed by atoms with Gasteiger partial charge < -0.3 is 39.3 Å². The highest BCUT2D eigenvalue weighted by atomic mass is 16.7. The number of rotatable bonds is 6. The van der Waals surface area contributed by atoms with Gasteiger partial charge in [-0.05, 0) is 37.3 Å². The number of nitrogens with one attached hydrogen (secondary N) is 1. The van der Waals surface area contributed by atoms with Gasteiger partial charge in [0.1, 0.15) is 11.9 Å². The molecule has 0 radical (unpaired) electrons. The van der Waals surface area contributed by atoms with E-state index in [4.69, 9.17) is 14.2 Å².